The molecule has 0 bridgehead atoms. The maximum Gasteiger partial charge on any atom is 0.169 e. The molecule has 1 aliphatic carbocycles. The molecule has 1 aliphatic heterocycles. The van der Waals surface area contributed by atoms with E-state index in [2.05, 4.69) is 47.3 Å². The minimum atomic E-state index is 0.848. The average Bonchev–Trinajstić information content (AvgIpc) is 3.10. The molecule has 4 heteroatoms. The maximum absolute atomic E-state index is 5.60. The zero-order valence-corrected chi connectivity index (χ0v) is 17.1. The molecule has 1 saturated carbocycles. The van der Waals surface area contributed by atoms with E-state index in [1.807, 2.05) is 0 Å². The summed E-state index contributed by atoms with van der Waals surface area (Å²) in [5, 5.41) is 5.56. The number of fused-ring (bicyclic) bond motifs is 1. The second-order valence-corrected chi connectivity index (χ2v) is 8.99. The van der Waals surface area contributed by atoms with Gasteiger partial charge in [-0.15, -0.1) is 0 Å². The van der Waals surface area contributed by atoms with Crippen LogP contribution in [0.25, 0.3) is 11.0 Å². The van der Waals surface area contributed by atoms with Crippen molar-refractivity contribution in [2.45, 2.75) is 57.8 Å². The molecule has 0 spiro atoms. The lowest BCUT2D eigenvalue weighted by molar-refractivity contribution is 0.142. The molecule has 1 saturated heterocycles. The highest BCUT2D eigenvalue weighted by Crippen LogP contribution is 2.29. The lowest BCUT2D eigenvalue weighted by Gasteiger charge is -2.35. The molecule has 4 rings (SSSR count). The van der Waals surface area contributed by atoms with Crippen molar-refractivity contribution in [3.05, 3.63) is 23.9 Å². The number of aromatic nitrogens is 1. The Bertz CT molecular complexity index is 724. The molecule has 0 amide bonds. The fraction of sp³-hybridized carbons (Fsp3) is 0.696. The smallest absolute Gasteiger partial charge is 0.169 e. The van der Waals surface area contributed by atoms with Crippen molar-refractivity contribution < 1.29 is 4.52 Å². The van der Waals surface area contributed by atoms with Gasteiger partial charge in [-0.1, -0.05) is 24.4 Å². The van der Waals surface area contributed by atoms with E-state index in [0.29, 0.717) is 0 Å². The van der Waals surface area contributed by atoms with Gasteiger partial charge in [-0.2, -0.15) is 0 Å². The van der Waals surface area contributed by atoms with E-state index in [-0.39, 0.29) is 0 Å². The van der Waals surface area contributed by atoms with Gasteiger partial charge < -0.3 is 14.3 Å². The fourth-order valence-corrected chi connectivity index (χ4v) is 4.97. The van der Waals surface area contributed by atoms with Crippen molar-refractivity contribution in [2.24, 2.45) is 11.8 Å². The van der Waals surface area contributed by atoms with Crippen molar-refractivity contribution >= 4 is 16.7 Å². The van der Waals surface area contributed by atoms with Crippen molar-refractivity contribution in [3.63, 3.8) is 0 Å². The van der Waals surface area contributed by atoms with E-state index in [1.54, 1.807) is 0 Å². The number of benzene rings is 1. The summed E-state index contributed by atoms with van der Waals surface area (Å²) in [4.78, 5) is 4.84. The molecule has 1 aromatic heterocycles. The summed E-state index contributed by atoms with van der Waals surface area (Å²) in [5.74, 6) is 1.82. The number of piperidine rings is 1. The summed E-state index contributed by atoms with van der Waals surface area (Å²) in [5.41, 5.74) is 3.22. The van der Waals surface area contributed by atoms with E-state index >= 15 is 0 Å². The Kier molecular flexibility index (Phi) is 6.01. The van der Waals surface area contributed by atoms with Gasteiger partial charge in [-0.3, -0.25) is 0 Å². The van der Waals surface area contributed by atoms with E-state index in [4.69, 9.17) is 4.52 Å². The van der Waals surface area contributed by atoms with Gasteiger partial charge in [0.1, 0.15) is 0 Å². The van der Waals surface area contributed by atoms with Crippen LogP contribution >= 0.6 is 0 Å². The van der Waals surface area contributed by atoms with Crippen LogP contribution in [0, 0.1) is 11.8 Å². The molecule has 0 atom stereocenters. The van der Waals surface area contributed by atoms with Crippen LogP contribution in [0.5, 0.6) is 0 Å². The molecule has 1 aromatic carbocycles. The molecule has 0 unspecified atom stereocenters. The minimum Gasteiger partial charge on any atom is -0.378 e. The van der Waals surface area contributed by atoms with Gasteiger partial charge in [0.15, 0.2) is 5.58 Å². The Morgan fingerprint density at radius 2 is 1.81 bits per heavy atom. The van der Waals surface area contributed by atoms with Gasteiger partial charge in [0.2, 0.25) is 0 Å². The molecule has 148 valence electrons. The van der Waals surface area contributed by atoms with Gasteiger partial charge in [0.05, 0.1) is 5.69 Å². The second kappa shape index (κ2) is 8.64. The maximum atomic E-state index is 5.60. The minimum absolute atomic E-state index is 0.848. The Balaban J connectivity index is 1.25. The molecule has 0 N–H and O–H groups in total. The Labute approximate surface area is 163 Å². The third-order valence-electron chi connectivity index (χ3n) is 6.78. The van der Waals surface area contributed by atoms with Crippen molar-refractivity contribution in [3.8, 4) is 0 Å². The standard InChI is InChI=1S/C23H35N3O/c1-25(2)20-9-10-21-22(24-27-23(21)16-20)11-8-18-12-14-26(15-13-18)17-19-6-4-3-5-7-19/h9-10,16,18-19H,3-8,11-15,17H2,1-2H3. The van der Waals surface area contributed by atoms with Crippen LogP contribution in [-0.4, -0.2) is 43.8 Å². The Morgan fingerprint density at radius 3 is 2.56 bits per heavy atom. The predicted molar refractivity (Wildman–Crippen MR) is 112 cm³/mol. The van der Waals surface area contributed by atoms with Gasteiger partial charge in [-0.05, 0) is 75.6 Å². The first-order chi connectivity index (χ1) is 13.2. The van der Waals surface area contributed by atoms with Crippen LogP contribution in [0.2, 0.25) is 0 Å². The molecule has 4 nitrogen and oxygen atoms in total. The zero-order chi connectivity index (χ0) is 18.6. The molecular weight excluding hydrogens is 334 g/mol. The monoisotopic (exact) mass is 369 g/mol. The number of rotatable bonds is 6. The SMILES string of the molecule is CN(C)c1ccc2c(CCC3CCN(CC4CCCCC4)CC3)noc2c1. The van der Waals surface area contributed by atoms with E-state index in [9.17, 15) is 0 Å². The normalized spacial score (nSPS) is 20.4. The molecule has 2 aliphatic rings. The topological polar surface area (TPSA) is 32.5 Å². The number of aryl methyl sites for hydroxylation is 1. The predicted octanol–water partition coefficient (Wildman–Crippen LogP) is 5.12. The summed E-state index contributed by atoms with van der Waals surface area (Å²) in [6.45, 7) is 3.95. The first-order valence-corrected chi connectivity index (χ1v) is 11.0. The third kappa shape index (κ3) is 4.66. The highest BCUT2D eigenvalue weighted by atomic mass is 16.5. The Morgan fingerprint density at radius 1 is 1.04 bits per heavy atom. The van der Waals surface area contributed by atoms with Crippen molar-refractivity contribution in [1.29, 1.82) is 0 Å². The van der Waals surface area contributed by atoms with Gasteiger partial charge in [0.25, 0.3) is 0 Å². The highest BCUT2D eigenvalue weighted by Gasteiger charge is 2.23. The fourth-order valence-electron chi connectivity index (χ4n) is 4.97. The number of hydrogen-bond donors (Lipinski definition) is 0. The second-order valence-electron chi connectivity index (χ2n) is 8.99. The van der Waals surface area contributed by atoms with Crippen LogP contribution in [0.4, 0.5) is 5.69 Å². The van der Waals surface area contributed by atoms with E-state index < -0.39 is 0 Å². The lowest BCUT2D eigenvalue weighted by Crippen LogP contribution is -2.37. The third-order valence-corrected chi connectivity index (χ3v) is 6.78. The number of likely N-dealkylation sites (tertiary alicyclic amines) is 1. The summed E-state index contributed by atoms with van der Waals surface area (Å²) >= 11 is 0. The number of nitrogens with zero attached hydrogens (tertiary/aromatic N) is 3. The summed E-state index contributed by atoms with van der Waals surface area (Å²) in [7, 11) is 4.11. The summed E-state index contributed by atoms with van der Waals surface area (Å²) < 4.78 is 5.60. The van der Waals surface area contributed by atoms with E-state index in [1.165, 1.54) is 76.4 Å². The van der Waals surface area contributed by atoms with Crippen LogP contribution in [0.1, 0.15) is 57.1 Å². The number of anilines is 1. The van der Waals surface area contributed by atoms with Gasteiger partial charge in [-0.25, -0.2) is 0 Å². The van der Waals surface area contributed by atoms with Crippen LogP contribution < -0.4 is 4.90 Å². The quantitative estimate of drug-likeness (QED) is 0.707. The molecule has 2 heterocycles. The van der Waals surface area contributed by atoms with Gasteiger partial charge in [0, 0.05) is 37.8 Å². The first-order valence-electron chi connectivity index (χ1n) is 11.0. The summed E-state index contributed by atoms with van der Waals surface area (Å²) in [6.07, 6.45) is 12.3. The van der Waals surface area contributed by atoms with Gasteiger partial charge >= 0.3 is 0 Å². The lowest BCUT2D eigenvalue weighted by atomic mass is 9.87. The molecular formula is C23H35N3O. The number of hydrogen-bond acceptors (Lipinski definition) is 4. The van der Waals surface area contributed by atoms with Crippen molar-refractivity contribution in [2.75, 3.05) is 38.6 Å². The van der Waals surface area contributed by atoms with Crippen molar-refractivity contribution in [1.82, 2.24) is 10.1 Å². The van der Waals surface area contributed by atoms with Crippen LogP contribution in [0.15, 0.2) is 22.7 Å². The molecule has 0 radical (unpaired) electrons. The largest absolute Gasteiger partial charge is 0.378 e. The molecule has 2 aromatic rings. The van der Waals surface area contributed by atoms with Crippen LogP contribution in [0.3, 0.4) is 0 Å². The average molecular weight is 370 g/mol. The van der Waals surface area contributed by atoms with E-state index in [0.717, 1.165) is 35.2 Å². The first kappa shape index (κ1) is 18.8. The zero-order valence-electron chi connectivity index (χ0n) is 17.1. The summed E-state index contributed by atoms with van der Waals surface area (Å²) in [6, 6.07) is 6.42. The Hall–Kier alpha value is -1.55. The van der Waals surface area contributed by atoms with Crippen LogP contribution in [-0.2, 0) is 6.42 Å². The highest BCUT2D eigenvalue weighted by molar-refractivity contribution is 5.83. The molecule has 27 heavy (non-hydrogen) atoms. The molecule has 2 fully saturated rings.